The predicted octanol–water partition coefficient (Wildman–Crippen LogP) is 1.65. The molecule has 74 valence electrons. The summed E-state index contributed by atoms with van der Waals surface area (Å²) in [5.41, 5.74) is 0.350. The van der Waals surface area contributed by atoms with E-state index < -0.39 is 9.84 Å². The molecule has 0 saturated heterocycles. The predicted molar refractivity (Wildman–Crippen MR) is 60.2 cm³/mol. The molecule has 14 heavy (non-hydrogen) atoms. The van der Waals surface area contributed by atoms with Crippen molar-refractivity contribution >= 4 is 38.2 Å². The van der Waals surface area contributed by atoms with E-state index >= 15 is 0 Å². The molecule has 2 rings (SSSR count). The van der Waals surface area contributed by atoms with Crippen molar-refractivity contribution in [1.29, 1.82) is 0 Å². The monoisotopic (exact) mass is 322 g/mol. The molecule has 0 N–H and O–H groups in total. The fourth-order valence-corrected chi connectivity index (χ4v) is 3.41. The van der Waals surface area contributed by atoms with Crippen LogP contribution in [-0.4, -0.2) is 20.0 Å². The van der Waals surface area contributed by atoms with Crippen molar-refractivity contribution in [2.24, 2.45) is 0 Å². The van der Waals surface area contributed by atoms with Crippen molar-refractivity contribution in [2.45, 2.75) is 11.3 Å². The van der Waals surface area contributed by atoms with E-state index in [1.54, 1.807) is 12.1 Å². The zero-order chi connectivity index (χ0) is 10.3. The van der Waals surface area contributed by atoms with Crippen LogP contribution in [0.3, 0.4) is 0 Å². The Labute approximate surface area is 95.6 Å². The van der Waals surface area contributed by atoms with Crippen molar-refractivity contribution in [3.63, 3.8) is 0 Å². The van der Waals surface area contributed by atoms with Gasteiger partial charge in [-0.15, -0.1) is 0 Å². The Hall–Kier alpha value is -0.430. The molecule has 0 atom stereocenters. The van der Waals surface area contributed by atoms with E-state index in [0.29, 0.717) is 5.56 Å². The van der Waals surface area contributed by atoms with E-state index in [2.05, 4.69) is 22.6 Å². The molecule has 1 aromatic carbocycles. The van der Waals surface area contributed by atoms with Gasteiger partial charge < -0.3 is 0 Å². The Kier molecular flexibility index (Phi) is 2.38. The minimum Gasteiger partial charge on any atom is -0.294 e. The number of hydrogen-bond acceptors (Lipinski definition) is 3. The normalized spacial score (nSPS) is 19.1. The molecule has 1 heterocycles. The van der Waals surface area contributed by atoms with Crippen LogP contribution in [0.5, 0.6) is 0 Å². The van der Waals surface area contributed by atoms with Crippen LogP contribution in [0, 0.1) is 3.57 Å². The van der Waals surface area contributed by atoms with Gasteiger partial charge in [-0.05, 0) is 40.8 Å². The number of halogens is 1. The van der Waals surface area contributed by atoms with Gasteiger partial charge in [-0.2, -0.15) is 0 Å². The van der Waals surface area contributed by atoms with E-state index in [4.69, 9.17) is 0 Å². The molecule has 0 unspecified atom stereocenters. The number of sulfone groups is 1. The van der Waals surface area contributed by atoms with Gasteiger partial charge in [-0.1, -0.05) is 0 Å². The molecule has 1 aromatic rings. The van der Waals surface area contributed by atoms with Gasteiger partial charge in [0.1, 0.15) is 0 Å². The third-order valence-electron chi connectivity index (χ3n) is 2.17. The highest BCUT2D eigenvalue weighted by Crippen LogP contribution is 2.26. The van der Waals surface area contributed by atoms with Crippen LogP contribution in [0.4, 0.5) is 0 Å². The lowest BCUT2D eigenvalue weighted by Gasteiger charge is -2.14. The number of hydrogen-bond donors (Lipinski definition) is 0. The van der Waals surface area contributed by atoms with Gasteiger partial charge in [-0.25, -0.2) is 8.42 Å². The molecule has 5 heteroatoms. The standard InChI is InChI=1S/C9H7IO3S/c10-6-1-2-9-7(5-6)8(11)3-4-14(9,12)13/h1-2,5H,3-4H2. The Morgan fingerprint density at radius 2 is 2.00 bits per heavy atom. The average Bonchev–Trinajstić information content (AvgIpc) is 2.12. The second kappa shape index (κ2) is 3.30. The van der Waals surface area contributed by atoms with E-state index in [0.717, 1.165) is 3.57 Å². The quantitative estimate of drug-likeness (QED) is 0.683. The Morgan fingerprint density at radius 3 is 2.71 bits per heavy atom. The highest BCUT2D eigenvalue weighted by Gasteiger charge is 2.28. The van der Waals surface area contributed by atoms with Crippen molar-refractivity contribution in [2.75, 3.05) is 5.75 Å². The second-order valence-electron chi connectivity index (χ2n) is 3.13. The molecule has 0 aliphatic carbocycles. The summed E-state index contributed by atoms with van der Waals surface area (Å²) < 4.78 is 24.0. The molecule has 0 spiro atoms. The van der Waals surface area contributed by atoms with Gasteiger partial charge in [0.05, 0.1) is 10.6 Å². The fraction of sp³-hybridized carbons (Fsp3) is 0.222. The number of Topliss-reactive ketones (excluding diaryl/α,β-unsaturated/α-hetero) is 1. The Bertz CT molecular complexity index is 505. The van der Waals surface area contributed by atoms with Gasteiger partial charge in [0, 0.05) is 15.6 Å². The van der Waals surface area contributed by atoms with Gasteiger partial charge in [0.25, 0.3) is 0 Å². The number of benzene rings is 1. The zero-order valence-electron chi connectivity index (χ0n) is 7.16. The molecule has 0 aromatic heterocycles. The van der Waals surface area contributed by atoms with E-state index in [1.807, 2.05) is 0 Å². The lowest BCUT2D eigenvalue weighted by molar-refractivity contribution is 0.0983. The maximum atomic E-state index is 11.6. The summed E-state index contributed by atoms with van der Waals surface area (Å²) in [6.07, 6.45) is 0.107. The van der Waals surface area contributed by atoms with E-state index in [1.165, 1.54) is 6.07 Å². The highest BCUT2D eigenvalue weighted by molar-refractivity contribution is 14.1. The fourth-order valence-electron chi connectivity index (χ4n) is 1.46. The summed E-state index contributed by atoms with van der Waals surface area (Å²) in [6, 6.07) is 4.86. The van der Waals surface area contributed by atoms with Crippen LogP contribution in [0.25, 0.3) is 0 Å². The minimum absolute atomic E-state index is 0.0561. The number of carbonyl (C=O) groups excluding carboxylic acids is 1. The third-order valence-corrected chi connectivity index (χ3v) is 4.61. The summed E-state index contributed by atoms with van der Waals surface area (Å²) >= 11 is 2.06. The van der Waals surface area contributed by atoms with E-state index in [-0.39, 0.29) is 22.9 Å². The summed E-state index contributed by atoms with van der Waals surface area (Å²) in [5.74, 6) is -0.132. The van der Waals surface area contributed by atoms with Crippen LogP contribution in [0.1, 0.15) is 16.8 Å². The van der Waals surface area contributed by atoms with Gasteiger partial charge in [0.15, 0.2) is 15.6 Å². The van der Waals surface area contributed by atoms with Crippen molar-refractivity contribution in [3.05, 3.63) is 27.3 Å². The summed E-state index contributed by atoms with van der Waals surface area (Å²) in [5, 5.41) is 0. The maximum Gasteiger partial charge on any atom is 0.179 e. The second-order valence-corrected chi connectivity index (χ2v) is 6.46. The van der Waals surface area contributed by atoms with Crippen LogP contribution >= 0.6 is 22.6 Å². The van der Waals surface area contributed by atoms with Gasteiger partial charge in [-0.3, -0.25) is 4.79 Å². The number of fused-ring (bicyclic) bond motifs is 1. The Balaban J connectivity index is 2.76. The molecule has 1 aliphatic heterocycles. The third kappa shape index (κ3) is 1.58. The lowest BCUT2D eigenvalue weighted by Crippen LogP contribution is -2.21. The molecule has 0 amide bonds. The smallest absolute Gasteiger partial charge is 0.179 e. The summed E-state index contributed by atoms with van der Waals surface area (Å²) in [6.45, 7) is 0. The minimum atomic E-state index is -3.22. The molecular weight excluding hydrogens is 315 g/mol. The van der Waals surface area contributed by atoms with Crippen LogP contribution in [-0.2, 0) is 9.84 Å². The molecule has 0 fully saturated rings. The van der Waals surface area contributed by atoms with Crippen molar-refractivity contribution in [3.8, 4) is 0 Å². The SMILES string of the molecule is O=C1CCS(=O)(=O)c2ccc(I)cc21. The van der Waals surface area contributed by atoms with Crippen molar-refractivity contribution in [1.82, 2.24) is 0 Å². The molecule has 1 aliphatic rings. The van der Waals surface area contributed by atoms with Gasteiger partial charge >= 0.3 is 0 Å². The molecule has 3 nitrogen and oxygen atoms in total. The first-order valence-electron chi connectivity index (χ1n) is 4.06. The lowest BCUT2D eigenvalue weighted by atomic mass is 10.1. The maximum absolute atomic E-state index is 11.6. The number of carbonyl (C=O) groups is 1. The van der Waals surface area contributed by atoms with Gasteiger partial charge in [0.2, 0.25) is 0 Å². The largest absolute Gasteiger partial charge is 0.294 e. The number of ketones is 1. The first-order chi connectivity index (χ1) is 6.50. The zero-order valence-corrected chi connectivity index (χ0v) is 10.1. The molecule has 0 saturated carbocycles. The molecule has 0 radical (unpaired) electrons. The number of rotatable bonds is 0. The topological polar surface area (TPSA) is 51.2 Å². The first-order valence-corrected chi connectivity index (χ1v) is 6.79. The van der Waals surface area contributed by atoms with Crippen LogP contribution < -0.4 is 0 Å². The summed E-state index contributed by atoms with van der Waals surface area (Å²) in [7, 11) is -3.22. The molecule has 0 bridgehead atoms. The highest BCUT2D eigenvalue weighted by atomic mass is 127. The van der Waals surface area contributed by atoms with Crippen LogP contribution in [0.2, 0.25) is 0 Å². The first kappa shape index (κ1) is 10.1. The van der Waals surface area contributed by atoms with Crippen LogP contribution in [0.15, 0.2) is 23.1 Å². The van der Waals surface area contributed by atoms with E-state index in [9.17, 15) is 13.2 Å². The van der Waals surface area contributed by atoms with Crippen molar-refractivity contribution < 1.29 is 13.2 Å². The Morgan fingerprint density at radius 1 is 1.29 bits per heavy atom. The summed E-state index contributed by atoms with van der Waals surface area (Å²) in [4.78, 5) is 11.6. The molecular formula is C9H7IO3S. The average molecular weight is 322 g/mol.